The first-order chi connectivity index (χ1) is 8.74. The lowest BCUT2D eigenvalue weighted by atomic mass is 10.2. The van der Waals surface area contributed by atoms with Crippen LogP contribution in [0.2, 0.25) is 0 Å². The minimum atomic E-state index is -0.0863. The van der Waals surface area contributed by atoms with Crippen LogP contribution in [0.3, 0.4) is 0 Å². The molecule has 1 fully saturated rings. The molecule has 0 spiro atoms. The normalized spacial score (nSPS) is 16.1. The monoisotopic (exact) mass is 263 g/mol. The molecular formula is C12H13N3O2S. The lowest BCUT2D eigenvalue weighted by Gasteiger charge is -2.27. The zero-order chi connectivity index (χ0) is 12.5. The molecule has 1 saturated heterocycles. The number of rotatable bonds is 1. The average molecular weight is 263 g/mol. The molecule has 1 aliphatic rings. The first-order valence-electron chi connectivity index (χ1n) is 5.87. The highest BCUT2D eigenvalue weighted by molar-refractivity contribution is 7.16. The van der Waals surface area contributed by atoms with Crippen molar-refractivity contribution in [1.29, 1.82) is 0 Å². The molecule has 2 N–H and O–H groups in total. The van der Waals surface area contributed by atoms with Gasteiger partial charge in [-0.05, 0) is 18.2 Å². The van der Waals surface area contributed by atoms with Gasteiger partial charge in [-0.3, -0.25) is 9.59 Å². The molecule has 0 atom stereocenters. The molecule has 2 aromatic rings. The Kier molecular flexibility index (Phi) is 2.89. The Balaban J connectivity index is 1.92. The number of fused-ring (bicyclic) bond motifs is 1. The fourth-order valence-corrected chi connectivity index (χ4v) is 2.90. The molecular weight excluding hydrogens is 250 g/mol. The van der Waals surface area contributed by atoms with Crippen LogP contribution in [0.4, 0.5) is 0 Å². The van der Waals surface area contributed by atoms with Gasteiger partial charge in [0.15, 0.2) is 0 Å². The van der Waals surface area contributed by atoms with Crippen molar-refractivity contribution in [3.63, 3.8) is 0 Å². The Morgan fingerprint density at radius 3 is 2.83 bits per heavy atom. The van der Waals surface area contributed by atoms with Crippen LogP contribution < -0.4 is 10.2 Å². The molecule has 0 unspecified atom stereocenters. The number of hydrogen-bond donors (Lipinski definition) is 2. The van der Waals surface area contributed by atoms with Gasteiger partial charge >= 0.3 is 4.87 Å². The summed E-state index contributed by atoms with van der Waals surface area (Å²) in [5, 5.41) is 3.22. The second kappa shape index (κ2) is 4.55. The Bertz CT molecular complexity index is 640. The van der Waals surface area contributed by atoms with E-state index in [2.05, 4.69) is 10.3 Å². The standard InChI is InChI=1S/C12H13N3O2S/c16-11(15-5-3-13-4-6-15)8-1-2-9-10(7-8)18-12(17)14-9/h1-2,7,13H,3-6H2,(H,14,17). The number of carbonyl (C=O) groups excluding carboxylic acids is 1. The summed E-state index contributed by atoms with van der Waals surface area (Å²) < 4.78 is 0.834. The van der Waals surface area contributed by atoms with E-state index in [1.165, 1.54) is 0 Å². The molecule has 0 aliphatic carbocycles. The number of aromatic nitrogens is 1. The molecule has 2 heterocycles. The maximum atomic E-state index is 12.3. The molecule has 5 nitrogen and oxygen atoms in total. The second-order valence-electron chi connectivity index (χ2n) is 4.27. The summed E-state index contributed by atoms with van der Waals surface area (Å²) in [5.41, 5.74) is 1.45. The van der Waals surface area contributed by atoms with Crippen molar-refractivity contribution in [3.8, 4) is 0 Å². The first-order valence-corrected chi connectivity index (χ1v) is 6.68. The summed E-state index contributed by atoms with van der Waals surface area (Å²) in [6.45, 7) is 3.15. The van der Waals surface area contributed by atoms with Crippen molar-refractivity contribution in [2.75, 3.05) is 26.2 Å². The van der Waals surface area contributed by atoms with Gasteiger partial charge in [-0.2, -0.15) is 0 Å². The van der Waals surface area contributed by atoms with E-state index in [4.69, 9.17) is 0 Å². The molecule has 1 aliphatic heterocycles. The molecule has 18 heavy (non-hydrogen) atoms. The summed E-state index contributed by atoms with van der Waals surface area (Å²) in [6.07, 6.45) is 0. The van der Waals surface area contributed by atoms with Crippen molar-refractivity contribution in [2.24, 2.45) is 0 Å². The van der Waals surface area contributed by atoms with Crippen LogP contribution in [0.15, 0.2) is 23.0 Å². The number of carbonyl (C=O) groups is 1. The van der Waals surface area contributed by atoms with E-state index in [1.54, 1.807) is 18.2 Å². The number of H-pyrrole nitrogens is 1. The van der Waals surface area contributed by atoms with E-state index >= 15 is 0 Å². The first kappa shape index (κ1) is 11.4. The summed E-state index contributed by atoms with van der Waals surface area (Å²) in [6, 6.07) is 5.36. The average Bonchev–Trinajstić information content (AvgIpc) is 2.78. The highest BCUT2D eigenvalue weighted by Gasteiger charge is 2.18. The number of piperazine rings is 1. The number of amides is 1. The fourth-order valence-electron chi connectivity index (χ4n) is 2.13. The number of nitrogens with one attached hydrogen (secondary N) is 2. The van der Waals surface area contributed by atoms with Crippen molar-refractivity contribution in [1.82, 2.24) is 15.2 Å². The van der Waals surface area contributed by atoms with E-state index in [1.807, 2.05) is 4.90 Å². The number of nitrogens with zero attached hydrogens (tertiary/aromatic N) is 1. The Morgan fingerprint density at radius 2 is 2.06 bits per heavy atom. The Hall–Kier alpha value is -1.66. The zero-order valence-corrected chi connectivity index (χ0v) is 10.5. The maximum Gasteiger partial charge on any atom is 0.305 e. The van der Waals surface area contributed by atoms with E-state index in [0.717, 1.165) is 47.7 Å². The number of aromatic amines is 1. The van der Waals surface area contributed by atoms with Gasteiger partial charge in [0.1, 0.15) is 0 Å². The minimum Gasteiger partial charge on any atom is -0.336 e. The predicted molar refractivity (Wildman–Crippen MR) is 71.2 cm³/mol. The van der Waals surface area contributed by atoms with Crippen LogP contribution in [-0.2, 0) is 0 Å². The quantitative estimate of drug-likeness (QED) is 0.793. The van der Waals surface area contributed by atoms with E-state index in [-0.39, 0.29) is 10.8 Å². The molecule has 0 radical (unpaired) electrons. The largest absolute Gasteiger partial charge is 0.336 e. The second-order valence-corrected chi connectivity index (χ2v) is 5.28. The van der Waals surface area contributed by atoms with Crippen LogP contribution in [0.1, 0.15) is 10.4 Å². The fraction of sp³-hybridized carbons (Fsp3) is 0.333. The number of hydrogen-bond acceptors (Lipinski definition) is 4. The highest BCUT2D eigenvalue weighted by atomic mass is 32.1. The highest BCUT2D eigenvalue weighted by Crippen LogP contribution is 2.17. The van der Waals surface area contributed by atoms with Crippen molar-refractivity contribution < 1.29 is 4.79 Å². The van der Waals surface area contributed by atoms with Gasteiger partial charge in [-0.1, -0.05) is 11.3 Å². The summed E-state index contributed by atoms with van der Waals surface area (Å²) in [5.74, 6) is 0.0410. The summed E-state index contributed by atoms with van der Waals surface area (Å²) in [7, 11) is 0. The predicted octanol–water partition coefficient (Wildman–Crippen LogP) is 0.635. The van der Waals surface area contributed by atoms with E-state index in [0.29, 0.717) is 5.56 Å². The van der Waals surface area contributed by atoms with Gasteiger partial charge in [0.25, 0.3) is 5.91 Å². The maximum absolute atomic E-state index is 12.3. The van der Waals surface area contributed by atoms with E-state index in [9.17, 15) is 9.59 Å². The van der Waals surface area contributed by atoms with Gasteiger partial charge in [0.05, 0.1) is 10.2 Å². The Morgan fingerprint density at radius 1 is 1.28 bits per heavy atom. The molecule has 3 rings (SSSR count). The SMILES string of the molecule is O=C(c1ccc2[nH]c(=O)sc2c1)N1CCNCC1. The Labute approximate surface area is 107 Å². The van der Waals surface area contributed by atoms with Crippen LogP contribution in [0, 0.1) is 0 Å². The third-order valence-electron chi connectivity index (χ3n) is 3.07. The van der Waals surface area contributed by atoms with Gasteiger partial charge in [-0.25, -0.2) is 0 Å². The van der Waals surface area contributed by atoms with Crippen LogP contribution >= 0.6 is 11.3 Å². The van der Waals surface area contributed by atoms with Crippen molar-refractivity contribution >= 4 is 27.5 Å². The van der Waals surface area contributed by atoms with Gasteiger partial charge in [0.2, 0.25) is 0 Å². The number of thiazole rings is 1. The van der Waals surface area contributed by atoms with Crippen LogP contribution in [0.25, 0.3) is 10.2 Å². The molecule has 1 aromatic carbocycles. The van der Waals surface area contributed by atoms with Crippen molar-refractivity contribution in [2.45, 2.75) is 0 Å². The zero-order valence-electron chi connectivity index (χ0n) is 9.73. The lowest BCUT2D eigenvalue weighted by Crippen LogP contribution is -2.46. The summed E-state index contributed by atoms with van der Waals surface area (Å²) in [4.78, 5) is 28.0. The topological polar surface area (TPSA) is 65.2 Å². The third-order valence-corrected chi connectivity index (χ3v) is 3.92. The molecule has 0 bridgehead atoms. The van der Waals surface area contributed by atoms with Gasteiger partial charge in [0, 0.05) is 31.7 Å². The summed E-state index contributed by atoms with van der Waals surface area (Å²) >= 11 is 1.14. The molecule has 1 aromatic heterocycles. The third kappa shape index (κ3) is 2.04. The van der Waals surface area contributed by atoms with Gasteiger partial charge < -0.3 is 15.2 Å². The lowest BCUT2D eigenvalue weighted by molar-refractivity contribution is 0.0736. The minimum absolute atomic E-state index is 0.0410. The molecule has 94 valence electrons. The molecule has 1 amide bonds. The smallest absolute Gasteiger partial charge is 0.305 e. The number of benzene rings is 1. The van der Waals surface area contributed by atoms with Crippen LogP contribution in [0.5, 0.6) is 0 Å². The molecule has 6 heteroatoms. The van der Waals surface area contributed by atoms with Crippen LogP contribution in [-0.4, -0.2) is 42.0 Å². The van der Waals surface area contributed by atoms with Crippen molar-refractivity contribution in [3.05, 3.63) is 33.4 Å². The molecule has 0 saturated carbocycles. The van der Waals surface area contributed by atoms with E-state index < -0.39 is 0 Å². The van der Waals surface area contributed by atoms with Gasteiger partial charge in [-0.15, -0.1) is 0 Å².